The van der Waals surface area contributed by atoms with E-state index in [1.54, 1.807) is 18.9 Å². The number of aryl methyl sites for hydroxylation is 1. The maximum absolute atomic E-state index is 12.5. The smallest absolute Gasteiger partial charge is 0.310 e. The number of esters is 1. The number of aromatic nitrogens is 1. The van der Waals surface area contributed by atoms with E-state index in [0.29, 0.717) is 0 Å². The molecule has 0 bridgehead atoms. The molecule has 0 aliphatic rings. The Morgan fingerprint density at radius 2 is 1.84 bits per heavy atom. The van der Waals surface area contributed by atoms with Crippen molar-refractivity contribution < 1.29 is 14.3 Å². The van der Waals surface area contributed by atoms with Crippen LogP contribution in [0.5, 0.6) is 5.75 Å². The normalized spacial score (nSPS) is 11.4. The van der Waals surface area contributed by atoms with Gasteiger partial charge < -0.3 is 14.0 Å². The Morgan fingerprint density at radius 3 is 2.50 bits per heavy atom. The molecule has 1 aromatic heterocycles. The molecule has 0 fully saturated rings. The van der Waals surface area contributed by atoms with Gasteiger partial charge in [-0.15, -0.1) is 11.8 Å². The second-order valence-corrected chi connectivity index (χ2v) is 9.10. The van der Waals surface area contributed by atoms with Crippen molar-refractivity contribution in [1.29, 1.82) is 0 Å². The summed E-state index contributed by atoms with van der Waals surface area (Å²) in [5.74, 6) is 0.646. The molecule has 0 saturated heterocycles. The van der Waals surface area contributed by atoms with E-state index in [0.717, 1.165) is 39.4 Å². The van der Waals surface area contributed by atoms with Gasteiger partial charge in [-0.2, -0.15) is 0 Å². The van der Waals surface area contributed by atoms with Crippen LogP contribution < -0.4 is 4.74 Å². The molecule has 0 unspecified atom stereocenters. The Labute approximate surface area is 193 Å². The number of ether oxygens (including phenoxy) is 2. The van der Waals surface area contributed by atoms with Gasteiger partial charge in [0.25, 0.3) is 0 Å². The maximum Gasteiger partial charge on any atom is 0.310 e. The molecule has 4 rings (SSSR count). The van der Waals surface area contributed by atoms with Crippen LogP contribution in [0.3, 0.4) is 0 Å². The highest BCUT2D eigenvalue weighted by molar-refractivity contribution is 7.98. The average Bonchev–Trinajstić information content (AvgIpc) is 3.08. The molecule has 0 N–H and O–H groups in total. The fourth-order valence-corrected chi connectivity index (χ4v) is 5.20. The molecule has 4 aromatic rings. The van der Waals surface area contributed by atoms with Crippen molar-refractivity contribution in [3.63, 3.8) is 0 Å². The number of nitrogens with zero attached hydrogens (tertiary/aromatic N) is 1. The van der Waals surface area contributed by atoms with Gasteiger partial charge in [0, 0.05) is 27.7 Å². The molecule has 5 heteroatoms. The Kier molecular flexibility index (Phi) is 6.47. The summed E-state index contributed by atoms with van der Waals surface area (Å²) in [6.07, 6.45) is 2.22. The highest BCUT2D eigenvalue weighted by atomic mass is 32.2. The van der Waals surface area contributed by atoms with Crippen molar-refractivity contribution in [2.75, 3.05) is 13.4 Å². The highest BCUT2D eigenvalue weighted by Crippen LogP contribution is 2.41. The third-order valence-electron chi connectivity index (χ3n) is 5.65. The van der Waals surface area contributed by atoms with Crippen LogP contribution in [0.2, 0.25) is 0 Å². The quantitative estimate of drug-likeness (QED) is 0.244. The molecule has 166 valence electrons. The average molecular weight is 448 g/mol. The van der Waals surface area contributed by atoms with Crippen LogP contribution in [0.25, 0.3) is 21.8 Å². The summed E-state index contributed by atoms with van der Waals surface area (Å²) in [6.45, 7) is 6.63. The molecule has 32 heavy (non-hydrogen) atoms. The first-order chi connectivity index (χ1) is 15.4. The number of fused-ring (bicyclic) bond motifs is 3. The van der Waals surface area contributed by atoms with Gasteiger partial charge in [0.1, 0.15) is 5.75 Å². The maximum atomic E-state index is 12.5. The van der Waals surface area contributed by atoms with Gasteiger partial charge in [-0.25, -0.2) is 0 Å². The lowest BCUT2D eigenvalue weighted by Gasteiger charge is -2.15. The van der Waals surface area contributed by atoms with Crippen LogP contribution in [-0.4, -0.2) is 30.0 Å². The molecule has 0 atom stereocenters. The minimum Gasteiger partial charge on any atom is -0.497 e. The third kappa shape index (κ3) is 4.22. The first kappa shape index (κ1) is 22.3. The molecule has 0 aliphatic carbocycles. The van der Waals surface area contributed by atoms with Crippen molar-refractivity contribution >= 4 is 39.5 Å². The lowest BCUT2D eigenvalue weighted by molar-refractivity contribution is -0.146. The standard InChI is InChI=1S/C27H29NO3S/c1-17(2)31-24(29)14-20-13-18(3)25-22-15-21(30-4)11-12-23(22)28(26(25)27(20)32-5)16-19-9-7-6-8-10-19/h6-13,15,17H,14,16H2,1-5H3. The van der Waals surface area contributed by atoms with Gasteiger partial charge in [-0.3, -0.25) is 4.79 Å². The highest BCUT2D eigenvalue weighted by Gasteiger charge is 2.21. The van der Waals surface area contributed by atoms with E-state index >= 15 is 0 Å². The zero-order valence-electron chi connectivity index (χ0n) is 19.3. The van der Waals surface area contributed by atoms with E-state index in [1.165, 1.54) is 16.3 Å². The summed E-state index contributed by atoms with van der Waals surface area (Å²) in [7, 11) is 1.70. The minimum absolute atomic E-state index is 0.123. The van der Waals surface area contributed by atoms with Crippen molar-refractivity contribution in [2.45, 2.75) is 44.7 Å². The molecule has 3 aromatic carbocycles. The van der Waals surface area contributed by atoms with Gasteiger partial charge >= 0.3 is 5.97 Å². The molecule has 0 saturated carbocycles. The first-order valence-electron chi connectivity index (χ1n) is 10.8. The Bertz CT molecular complexity index is 1280. The first-order valence-corrected chi connectivity index (χ1v) is 12.0. The number of benzene rings is 3. The number of thioether (sulfide) groups is 1. The number of carbonyl (C=O) groups excluding carboxylic acids is 1. The van der Waals surface area contributed by atoms with Gasteiger partial charge in [0.05, 0.1) is 25.2 Å². The lowest BCUT2D eigenvalue weighted by Crippen LogP contribution is -2.14. The van der Waals surface area contributed by atoms with Crippen LogP contribution >= 0.6 is 11.8 Å². The molecular formula is C27H29NO3S. The van der Waals surface area contributed by atoms with Crippen LogP contribution in [0, 0.1) is 6.92 Å². The lowest BCUT2D eigenvalue weighted by atomic mass is 10.0. The monoisotopic (exact) mass is 447 g/mol. The van der Waals surface area contributed by atoms with Crippen LogP contribution in [0.4, 0.5) is 0 Å². The summed E-state index contributed by atoms with van der Waals surface area (Å²) in [4.78, 5) is 13.6. The second kappa shape index (κ2) is 9.29. The SMILES string of the molecule is COc1ccc2c(c1)c1c(C)cc(CC(=O)OC(C)C)c(SC)c1n2Cc1ccccc1. The molecule has 0 amide bonds. The molecule has 0 aliphatic heterocycles. The predicted octanol–water partition coefficient (Wildman–Crippen LogP) is 6.38. The Balaban J connectivity index is 2.00. The van der Waals surface area contributed by atoms with E-state index in [2.05, 4.69) is 60.2 Å². The van der Waals surface area contributed by atoms with Gasteiger partial charge in [-0.1, -0.05) is 36.4 Å². The van der Waals surface area contributed by atoms with Gasteiger partial charge in [0.15, 0.2) is 0 Å². The zero-order valence-corrected chi connectivity index (χ0v) is 20.1. The fourth-order valence-electron chi connectivity index (χ4n) is 4.40. The summed E-state index contributed by atoms with van der Waals surface area (Å²) >= 11 is 1.68. The van der Waals surface area contributed by atoms with Crippen molar-refractivity contribution in [3.05, 3.63) is 71.3 Å². The summed E-state index contributed by atoms with van der Waals surface area (Å²) < 4.78 is 13.4. The number of rotatable bonds is 7. The molecule has 0 radical (unpaired) electrons. The van der Waals surface area contributed by atoms with Gasteiger partial charge in [-0.05, 0) is 61.9 Å². The number of hydrogen-bond acceptors (Lipinski definition) is 4. The number of hydrogen-bond donors (Lipinski definition) is 0. The van der Waals surface area contributed by atoms with E-state index in [9.17, 15) is 4.79 Å². The second-order valence-electron chi connectivity index (χ2n) is 8.28. The fraction of sp³-hybridized carbons (Fsp3) is 0.296. The minimum atomic E-state index is -0.193. The molecule has 0 spiro atoms. The summed E-state index contributed by atoms with van der Waals surface area (Å²) in [6, 6.07) is 18.9. The summed E-state index contributed by atoms with van der Waals surface area (Å²) in [5.41, 5.74) is 5.71. The molecule has 4 nitrogen and oxygen atoms in total. The van der Waals surface area contributed by atoms with Gasteiger partial charge in [0.2, 0.25) is 0 Å². The van der Waals surface area contributed by atoms with E-state index in [4.69, 9.17) is 9.47 Å². The molecular weight excluding hydrogens is 418 g/mol. The zero-order chi connectivity index (χ0) is 22.8. The van der Waals surface area contributed by atoms with Crippen molar-refractivity contribution in [3.8, 4) is 5.75 Å². The largest absolute Gasteiger partial charge is 0.497 e. The van der Waals surface area contributed by atoms with E-state index in [-0.39, 0.29) is 18.5 Å². The van der Waals surface area contributed by atoms with Crippen LogP contribution in [0.1, 0.15) is 30.5 Å². The summed E-state index contributed by atoms with van der Waals surface area (Å²) in [5, 5.41) is 2.37. The van der Waals surface area contributed by atoms with Crippen molar-refractivity contribution in [1.82, 2.24) is 4.57 Å². The number of carbonyl (C=O) groups is 1. The number of methoxy groups -OCH3 is 1. The van der Waals surface area contributed by atoms with E-state index < -0.39 is 0 Å². The molecule has 1 heterocycles. The predicted molar refractivity (Wildman–Crippen MR) is 133 cm³/mol. The van der Waals surface area contributed by atoms with Crippen LogP contribution in [-0.2, 0) is 22.5 Å². The Morgan fingerprint density at radius 1 is 1.09 bits per heavy atom. The van der Waals surface area contributed by atoms with Crippen molar-refractivity contribution in [2.24, 2.45) is 0 Å². The Hall–Kier alpha value is -2.92. The topological polar surface area (TPSA) is 40.5 Å². The van der Waals surface area contributed by atoms with Crippen LogP contribution in [0.15, 0.2) is 59.5 Å². The third-order valence-corrected chi connectivity index (χ3v) is 6.52. The van der Waals surface area contributed by atoms with E-state index in [1.807, 2.05) is 26.0 Å².